The number of nitrogens with zero attached hydrogens (tertiary/aromatic N) is 1. The number of carbonyl (C=O) groups is 1. The average Bonchev–Trinajstić information content (AvgIpc) is 2.20. The van der Waals surface area contributed by atoms with E-state index in [1.54, 1.807) is 6.92 Å². The monoisotopic (exact) mass is 215 g/mol. The minimum absolute atomic E-state index is 0.00935. The van der Waals surface area contributed by atoms with E-state index in [9.17, 15) is 13.6 Å². The number of alkyl halides is 2. The number of ether oxygens (including phenoxy) is 1. The maximum Gasteiger partial charge on any atom is 0.309 e. The number of esters is 1. The zero-order chi connectivity index (χ0) is 11.4. The molecule has 0 aliphatic rings. The van der Waals surface area contributed by atoms with Crippen LogP contribution in [0.1, 0.15) is 23.2 Å². The Kier molecular flexibility index (Phi) is 3.71. The SMILES string of the molecule is COC(=O)Cc1cc(C(F)F)ncc1C. The summed E-state index contributed by atoms with van der Waals surface area (Å²) in [6, 6.07) is 1.23. The van der Waals surface area contributed by atoms with Crippen molar-refractivity contribution in [3.8, 4) is 0 Å². The second-order valence-corrected chi connectivity index (χ2v) is 3.09. The van der Waals surface area contributed by atoms with Gasteiger partial charge in [-0.2, -0.15) is 0 Å². The van der Waals surface area contributed by atoms with Crippen LogP contribution in [0.2, 0.25) is 0 Å². The summed E-state index contributed by atoms with van der Waals surface area (Å²) >= 11 is 0. The van der Waals surface area contributed by atoms with Crippen LogP contribution in [0.25, 0.3) is 0 Å². The molecule has 0 aliphatic carbocycles. The molecule has 15 heavy (non-hydrogen) atoms. The summed E-state index contributed by atoms with van der Waals surface area (Å²) in [5, 5.41) is 0. The largest absolute Gasteiger partial charge is 0.469 e. The summed E-state index contributed by atoms with van der Waals surface area (Å²) in [6.07, 6.45) is -1.30. The van der Waals surface area contributed by atoms with Crippen molar-refractivity contribution in [1.82, 2.24) is 4.98 Å². The fraction of sp³-hybridized carbons (Fsp3) is 0.400. The van der Waals surface area contributed by atoms with Crippen LogP contribution >= 0.6 is 0 Å². The van der Waals surface area contributed by atoms with Gasteiger partial charge in [0.1, 0.15) is 5.69 Å². The molecule has 0 fully saturated rings. The Morgan fingerprint density at radius 1 is 1.60 bits per heavy atom. The molecular weight excluding hydrogens is 204 g/mol. The first-order chi connectivity index (χ1) is 7.04. The summed E-state index contributed by atoms with van der Waals surface area (Å²) in [7, 11) is 1.26. The molecule has 0 aromatic carbocycles. The Hall–Kier alpha value is -1.52. The topological polar surface area (TPSA) is 39.2 Å². The van der Waals surface area contributed by atoms with Gasteiger partial charge >= 0.3 is 5.97 Å². The number of rotatable bonds is 3. The number of hydrogen-bond acceptors (Lipinski definition) is 3. The predicted octanol–water partition coefficient (Wildman–Crippen LogP) is 2.04. The average molecular weight is 215 g/mol. The first-order valence-electron chi connectivity index (χ1n) is 4.35. The van der Waals surface area contributed by atoms with Gasteiger partial charge in [-0.1, -0.05) is 0 Å². The maximum atomic E-state index is 12.3. The Labute approximate surface area is 86.1 Å². The normalized spacial score (nSPS) is 10.5. The van der Waals surface area contributed by atoms with Crippen LogP contribution in [0.15, 0.2) is 12.3 Å². The van der Waals surface area contributed by atoms with E-state index in [2.05, 4.69) is 9.72 Å². The fourth-order valence-electron chi connectivity index (χ4n) is 1.12. The molecule has 0 spiro atoms. The molecule has 5 heteroatoms. The van der Waals surface area contributed by atoms with E-state index < -0.39 is 12.4 Å². The van der Waals surface area contributed by atoms with E-state index >= 15 is 0 Å². The molecule has 3 nitrogen and oxygen atoms in total. The van der Waals surface area contributed by atoms with Crippen molar-refractivity contribution in [3.05, 3.63) is 29.1 Å². The Morgan fingerprint density at radius 3 is 2.80 bits per heavy atom. The van der Waals surface area contributed by atoms with Gasteiger partial charge in [-0.25, -0.2) is 8.78 Å². The van der Waals surface area contributed by atoms with Crippen molar-refractivity contribution in [2.24, 2.45) is 0 Å². The Morgan fingerprint density at radius 2 is 2.27 bits per heavy atom. The Balaban J connectivity index is 2.95. The van der Waals surface area contributed by atoms with Crippen LogP contribution in [0.3, 0.4) is 0 Å². The minimum Gasteiger partial charge on any atom is -0.469 e. The molecule has 0 bridgehead atoms. The van der Waals surface area contributed by atoms with Crippen LogP contribution in [-0.2, 0) is 16.0 Å². The highest BCUT2D eigenvalue weighted by atomic mass is 19.3. The van der Waals surface area contributed by atoms with Crippen LogP contribution < -0.4 is 0 Å². The third kappa shape index (κ3) is 2.97. The van der Waals surface area contributed by atoms with Crippen molar-refractivity contribution >= 4 is 5.97 Å². The van der Waals surface area contributed by atoms with E-state index in [0.29, 0.717) is 11.1 Å². The van der Waals surface area contributed by atoms with Crippen molar-refractivity contribution in [2.45, 2.75) is 19.8 Å². The number of pyridine rings is 1. The lowest BCUT2D eigenvalue weighted by molar-refractivity contribution is -0.139. The standard InChI is InChI=1S/C10H11F2NO2/c1-6-5-13-8(10(11)12)3-7(6)4-9(14)15-2/h3,5,10H,4H2,1-2H3. The van der Waals surface area contributed by atoms with Crippen molar-refractivity contribution in [1.29, 1.82) is 0 Å². The van der Waals surface area contributed by atoms with Gasteiger partial charge in [-0.05, 0) is 24.1 Å². The number of carbonyl (C=O) groups excluding carboxylic acids is 1. The lowest BCUT2D eigenvalue weighted by Crippen LogP contribution is -2.07. The van der Waals surface area contributed by atoms with Gasteiger partial charge in [0.15, 0.2) is 0 Å². The fourth-order valence-corrected chi connectivity index (χ4v) is 1.12. The molecule has 0 aliphatic heterocycles. The van der Waals surface area contributed by atoms with Crippen molar-refractivity contribution < 1.29 is 18.3 Å². The lowest BCUT2D eigenvalue weighted by Gasteiger charge is -2.06. The number of aryl methyl sites for hydroxylation is 1. The summed E-state index contributed by atoms with van der Waals surface area (Å²) in [4.78, 5) is 14.6. The van der Waals surface area contributed by atoms with Gasteiger partial charge < -0.3 is 4.74 Å². The smallest absolute Gasteiger partial charge is 0.309 e. The van der Waals surface area contributed by atoms with E-state index in [1.807, 2.05) is 0 Å². The number of hydrogen-bond donors (Lipinski definition) is 0. The van der Waals surface area contributed by atoms with Crippen molar-refractivity contribution in [3.63, 3.8) is 0 Å². The highest BCUT2D eigenvalue weighted by Gasteiger charge is 2.12. The Bertz CT molecular complexity index is 366. The second kappa shape index (κ2) is 4.82. The lowest BCUT2D eigenvalue weighted by atomic mass is 10.1. The van der Waals surface area contributed by atoms with E-state index in [1.165, 1.54) is 19.4 Å². The van der Waals surface area contributed by atoms with Crippen LogP contribution in [0.5, 0.6) is 0 Å². The van der Waals surface area contributed by atoms with E-state index in [-0.39, 0.29) is 12.1 Å². The zero-order valence-electron chi connectivity index (χ0n) is 8.46. The highest BCUT2D eigenvalue weighted by Crippen LogP contribution is 2.19. The quantitative estimate of drug-likeness (QED) is 0.724. The highest BCUT2D eigenvalue weighted by molar-refractivity contribution is 5.72. The predicted molar refractivity (Wildman–Crippen MR) is 49.7 cm³/mol. The third-order valence-corrected chi connectivity index (χ3v) is 2.02. The van der Waals surface area contributed by atoms with Crippen molar-refractivity contribution in [2.75, 3.05) is 7.11 Å². The third-order valence-electron chi connectivity index (χ3n) is 2.02. The van der Waals surface area contributed by atoms with Gasteiger partial charge in [0.05, 0.1) is 13.5 Å². The van der Waals surface area contributed by atoms with Crippen LogP contribution in [0.4, 0.5) is 8.78 Å². The molecule has 1 heterocycles. The van der Waals surface area contributed by atoms with Gasteiger partial charge in [-0.3, -0.25) is 9.78 Å². The van der Waals surface area contributed by atoms with Crippen LogP contribution in [-0.4, -0.2) is 18.1 Å². The number of halogens is 2. The van der Waals surface area contributed by atoms with Gasteiger partial charge in [0, 0.05) is 6.20 Å². The van der Waals surface area contributed by atoms with Gasteiger partial charge in [0.25, 0.3) is 6.43 Å². The summed E-state index contributed by atoms with van der Waals surface area (Å²) in [5.41, 5.74) is 0.899. The van der Waals surface area contributed by atoms with Gasteiger partial charge in [0.2, 0.25) is 0 Å². The molecule has 0 N–H and O–H groups in total. The molecule has 0 saturated carbocycles. The molecule has 82 valence electrons. The first-order valence-corrected chi connectivity index (χ1v) is 4.35. The summed E-state index contributed by atoms with van der Waals surface area (Å²) < 4.78 is 29.1. The number of methoxy groups -OCH3 is 1. The van der Waals surface area contributed by atoms with E-state index in [0.717, 1.165) is 0 Å². The van der Waals surface area contributed by atoms with E-state index in [4.69, 9.17) is 0 Å². The molecule has 1 rings (SSSR count). The molecule has 0 saturated heterocycles. The zero-order valence-corrected chi connectivity index (χ0v) is 8.46. The molecule has 1 aromatic rings. The molecule has 0 radical (unpaired) electrons. The van der Waals surface area contributed by atoms with Crippen LogP contribution in [0, 0.1) is 6.92 Å². The summed E-state index contributed by atoms with van der Waals surface area (Å²) in [5.74, 6) is -0.454. The minimum atomic E-state index is -2.62. The summed E-state index contributed by atoms with van der Waals surface area (Å²) in [6.45, 7) is 1.71. The molecule has 0 unspecified atom stereocenters. The second-order valence-electron chi connectivity index (χ2n) is 3.09. The maximum absolute atomic E-state index is 12.3. The molecule has 1 aromatic heterocycles. The number of aromatic nitrogens is 1. The first kappa shape index (κ1) is 11.6. The molecule has 0 amide bonds. The van der Waals surface area contributed by atoms with Gasteiger partial charge in [-0.15, -0.1) is 0 Å². The molecular formula is C10H11F2NO2. The molecule has 0 atom stereocenters.